The zero-order valence-electron chi connectivity index (χ0n) is 8.75. The summed E-state index contributed by atoms with van der Waals surface area (Å²) in [4.78, 5) is 4.44. The lowest BCUT2D eigenvalue weighted by Gasteiger charge is -2.36. The summed E-state index contributed by atoms with van der Waals surface area (Å²) < 4.78 is 0. The van der Waals surface area contributed by atoms with Gasteiger partial charge in [-0.2, -0.15) is 0 Å². The van der Waals surface area contributed by atoms with E-state index in [1.165, 1.54) is 24.3 Å². The van der Waals surface area contributed by atoms with E-state index in [1.807, 2.05) is 6.07 Å². The van der Waals surface area contributed by atoms with Crippen LogP contribution in [0.5, 0.6) is 0 Å². The Balaban J connectivity index is 2.02. The molecule has 1 aromatic heterocycles. The molecule has 15 heavy (non-hydrogen) atoms. The van der Waals surface area contributed by atoms with E-state index in [-0.39, 0.29) is 0 Å². The first-order valence-corrected chi connectivity index (χ1v) is 7.46. The molecule has 1 saturated heterocycles. The standard InChI is InChI=1S/C11H15BrClNS/c1-8-9(12)3-2-5-14(8)7-11-10(13)4-6-15-11/h4,6,8-9H,2-3,5,7H2,1H3. The van der Waals surface area contributed by atoms with Gasteiger partial charge in [0, 0.05) is 22.3 Å². The quantitative estimate of drug-likeness (QED) is 0.742. The van der Waals surface area contributed by atoms with Crippen LogP contribution in [0.15, 0.2) is 11.4 Å². The minimum absolute atomic E-state index is 0.608. The number of thiophene rings is 1. The summed E-state index contributed by atoms with van der Waals surface area (Å²) in [7, 11) is 0. The summed E-state index contributed by atoms with van der Waals surface area (Å²) in [6, 6.07) is 2.60. The number of alkyl halides is 1. The van der Waals surface area contributed by atoms with Crippen LogP contribution in [0, 0.1) is 0 Å². The first-order chi connectivity index (χ1) is 7.18. The number of halogens is 2. The summed E-state index contributed by atoms with van der Waals surface area (Å²) in [5.74, 6) is 0. The number of piperidine rings is 1. The highest BCUT2D eigenvalue weighted by Gasteiger charge is 2.26. The summed E-state index contributed by atoms with van der Waals surface area (Å²) in [5.41, 5.74) is 0. The second kappa shape index (κ2) is 5.17. The smallest absolute Gasteiger partial charge is 0.0558 e. The van der Waals surface area contributed by atoms with Crippen molar-refractivity contribution in [2.75, 3.05) is 6.54 Å². The van der Waals surface area contributed by atoms with Gasteiger partial charge in [0.05, 0.1) is 5.02 Å². The number of hydrogen-bond acceptors (Lipinski definition) is 2. The molecular formula is C11H15BrClNS. The van der Waals surface area contributed by atoms with Crippen molar-refractivity contribution in [2.45, 2.75) is 37.2 Å². The molecule has 0 saturated carbocycles. The maximum atomic E-state index is 6.12. The Morgan fingerprint density at radius 2 is 2.47 bits per heavy atom. The molecule has 0 radical (unpaired) electrons. The molecule has 84 valence electrons. The fraction of sp³-hybridized carbons (Fsp3) is 0.636. The maximum absolute atomic E-state index is 6.12. The molecule has 2 unspecified atom stereocenters. The van der Waals surface area contributed by atoms with E-state index in [4.69, 9.17) is 11.6 Å². The summed E-state index contributed by atoms with van der Waals surface area (Å²) in [6.07, 6.45) is 2.57. The molecule has 1 aromatic rings. The van der Waals surface area contributed by atoms with Crippen molar-refractivity contribution in [3.05, 3.63) is 21.3 Å². The van der Waals surface area contributed by atoms with E-state index in [0.717, 1.165) is 11.6 Å². The highest BCUT2D eigenvalue weighted by molar-refractivity contribution is 9.09. The Morgan fingerprint density at radius 3 is 3.13 bits per heavy atom. The van der Waals surface area contributed by atoms with Crippen molar-refractivity contribution in [1.29, 1.82) is 0 Å². The lowest BCUT2D eigenvalue weighted by molar-refractivity contribution is 0.162. The van der Waals surface area contributed by atoms with Gasteiger partial charge in [0.1, 0.15) is 0 Å². The first-order valence-electron chi connectivity index (χ1n) is 5.28. The van der Waals surface area contributed by atoms with Crippen molar-refractivity contribution >= 4 is 38.9 Å². The highest BCUT2D eigenvalue weighted by Crippen LogP contribution is 2.29. The van der Waals surface area contributed by atoms with Crippen LogP contribution in [0.2, 0.25) is 5.02 Å². The zero-order valence-corrected chi connectivity index (χ0v) is 11.9. The van der Waals surface area contributed by atoms with Crippen molar-refractivity contribution in [3.63, 3.8) is 0 Å². The van der Waals surface area contributed by atoms with Crippen LogP contribution in [0.25, 0.3) is 0 Å². The highest BCUT2D eigenvalue weighted by atomic mass is 79.9. The maximum Gasteiger partial charge on any atom is 0.0558 e. The third kappa shape index (κ3) is 2.76. The normalized spacial score (nSPS) is 28.2. The molecule has 0 aliphatic carbocycles. The van der Waals surface area contributed by atoms with Crippen LogP contribution in [0.4, 0.5) is 0 Å². The van der Waals surface area contributed by atoms with E-state index in [1.54, 1.807) is 11.3 Å². The minimum atomic E-state index is 0.608. The molecule has 1 aliphatic rings. The second-order valence-electron chi connectivity index (χ2n) is 4.06. The van der Waals surface area contributed by atoms with Gasteiger partial charge < -0.3 is 0 Å². The average Bonchev–Trinajstić information content (AvgIpc) is 2.60. The topological polar surface area (TPSA) is 3.24 Å². The Bertz CT molecular complexity index is 328. The van der Waals surface area contributed by atoms with Crippen molar-refractivity contribution in [1.82, 2.24) is 4.90 Å². The fourth-order valence-corrected chi connectivity index (χ4v) is 3.79. The van der Waals surface area contributed by atoms with Gasteiger partial charge in [-0.15, -0.1) is 11.3 Å². The van der Waals surface area contributed by atoms with Gasteiger partial charge in [0.25, 0.3) is 0 Å². The minimum Gasteiger partial charge on any atom is -0.294 e. The van der Waals surface area contributed by atoms with Gasteiger partial charge in [-0.25, -0.2) is 0 Å². The van der Waals surface area contributed by atoms with Gasteiger partial charge in [-0.3, -0.25) is 4.90 Å². The van der Waals surface area contributed by atoms with Crippen LogP contribution >= 0.6 is 38.9 Å². The largest absolute Gasteiger partial charge is 0.294 e. The number of rotatable bonds is 2. The predicted octanol–water partition coefficient (Wildman–Crippen LogP) is 4.15. The fourth-order valence-electron chi connectivity index (χ4n) is 2.01. The lowest BCUT2D eigenvalue weighted by Crippen LogP contribution is -2.43. The summed E-state index contributed by atoms with van der Waals surface area (Å²) in [5, 5.41) is 2.99. The van der Waals surface area contributed by atoms with Gasteiger partial charge >= 0.3 is 0 Å². The first kappa shape index (κ1) is 11.9. The lowest BCUT2D eigenvalue weighted by atomic mass is 10.0. The zero-order chi connectivity index (χ0) is 10.8. The van der Waals surface area contributed by atoms with Crippen LogP contribution in [0.1, 0.15) is 24.6 Å². The molecule has 2 heterocycles. The Hall–Kier alpha value is 0.430. The molecule has 0 N–H and O–H groups in total. The van der Waals surface area contributed by atoms with E-state index in [9.17, 15) is 0 Å². The van der Waals surface area contributed by atoms with E-state index in [2.05, 4.69) is 33.1 Å². The third-order valence-corrected chi connectivity index (χ3v) is 5.66. The second-order valence-corrected chi connectivity index (χ2v) is 6.65. The molecule has 1 nitrogen and oxygen atoms in total. The number of likely N-dealkylation sites (tertiary alicyclic amines) is 1. The molecule has 1 aliphatic heterocycles. The van der Waals surface area contributed by atoms with E-state index in [0.29, 0.717) is 10.9 Å². The SMILES string of the molecule is CC1C(Br)CCCN1Cc1sccc1Cl. The van der Waals surface area contributed by atoms with Crippen LogP contribution < -0.4 is 0 Å². The number of nitrogens with zero attached hydrogens (tertiary/aromatic N) is 1. The average molecular weight is 309 g/mol. The van der Waals surface area contributed by atoms with Crippen LogP contribution in [-0.2, 0) is 6.54 Å². The number of hydrogen-bond donors (Lipinski definition) is 0. The van der Waals surface area contributed by atoms with Crippen LogP contribution in [0.3, 0.4) is 0 Å². The van der Waals surface area contributed by atoms with Gasteiger partial charge in [0.15, 0.2) is 0 Å². The Labute approximate surface area is 109 Å². The van der Waals surface area contributed by atoms with Gasteiger partial charge in [-0.05, 0) is 37.8 Å². The molecule has 0 spiro atoms. The Morgan fingerprint density at radius 1 is 1.67 bits per heavy atom. The van der Waals surface area contributed by atoms with E-state index < -0.39 is 0 Å². The predicted molar refractivity (Wildman–Crippen MR) is 71.2 cm³/mol. The molecule has 0 aromatic carbocycles. The van der Waals surface area contributed by atoms with Crippen LogP contribution in [-0.4, -0.2) is 22.3 Å². The summed E-state index contributed by atoms with van der Waals surface area (Å²) in [6.45, 7) is 4.48. The Kier molecular flexibility index (Phi) is 4.10. The monoisotopic (exact) mass is 307 g/mol. The molecule has 0 amide bonds. The molecular weight excluding hydrogens is 294 g/mol. The van der Waals surface area contributed by atoms with Crippen molar-refractivity contribution in [3.8, 4) is 0 Å². The third-order valence-electron chi connectivity index (χ3n) is 3.06. The van der Waals surface area contributed by atoms with Crippen molar-refractivity contribution in [2.24, 2.45) is 0 Å². The molecule has 4 heteroatoms. The molecule has 2 atom stereocenters. The van der Waals surface area contributed by atoms with Crippen molar-refractivity contribution < 1.29 is 0 Å². The summed E-state index contributed by atoms with van der Waals surface area (Å²) >= 11 is 11.6. The van der Waals surface area contributed by atoms with Gasteiger partial charge in [-0.1, -0.05) is 27.5 Å². The molecule has 1 fully saturated rings. The molecule has 0 bridgehead atoms. The van der Waals surface area contributed by atoms with Gasteiger partial charge in [0.2, 0.25) is 0 Å². The van der Waals surface area contributed by atoms with E-state index >= 15 is 0 Å². The molecule has 2 rings (SSSR count).